The molecule has 11 heteroatoms. The number of hydrogen-bond acceptors (Lipinski definition) is 7. The van der Waals surface area contributed by atoms with Gasteiger partial charge in [-0.15, -0.1) is 0 Å². The second kappa shape index (κ2) is 16.9. The fourth-order valence-electron chi connectivity index (χ4n) is 6.24. The zero-order chi connectivity index (χ0) is 34.0. The quantitative estimate of drug-likeness (QED) is 0.165. The molecule has 1 fully saturated rings. The summed E-state index contributed by atoms with van der Waals surface area (Å²) >= 11 is 0. The van der Waals surface area contributed by atoms with Crippen molar-refractivity contribution in [2.75, 3.05) is 13.7 Å². The van der Waals surface area contributed by atoms with Gasteiger partial charge in [-0.05, 0) is 80.7 Å². The van der Waals surface area contributed by atoms with Crippen molar-refractivity contribution >= 4 is 22.0 Å². The van der Waals surface area contributed by atoms with Crippen molar-refractivity contribution < 1.29 is 33.0 Å². The zero-order valence-corrected chi connectivity index (χ0v) is 28.1. The third-order valence-corrected chi connectivity index (χ3v) is 10.9. The number of aliphatic hydroxyl groups excluding tert-OH is 2. The predicted molar refractivity (Wildman–Crippen MR) is 180 cm³/mol. The molecule has 1 aliphatic carbocycles. The summed E-state index contributed by atoms with van der Waals surface area (Å²) in [5, 5.41) is 25.7. The number of hydrogen-bond donors (Lipinski definition) is 4. The lowest BCUT2D eigenvalue weighted by atomic mass is 9.84. The molecule has 47 heavy (non-hydrogen) atoms. The SMILES string of the molecule is COC(=O)N[C@H](C(=O)N[C@H](CCC[C@@H](CO)N(C(C)C)S(=O)(=O)c1ccc(CO)cc1)C1CC1)C(c1ccccc1)c1ccccc1. The molecule has 10 nitrogen and oxygen atoms in total. The van der Waals surface area contributed by atoms with Gasteiger partial charge < -0.3 is 25.6 Å². The Kier molecular flexibility index (Phi) is 12.9. The van der Waals surface area contributed by atoms with Crippen molar-refractivity contribution in [1.29, 1.82) is 0 Å². The number of rotatable bonds is 17. The lowest BCUT2D eigenvalue weighted by molar-refractivity contribution is -0.124. The standard InChI is InChI=1S/C36H47N3O7S/c1-25(2)39(47(44,45)31-21-17-26(23-40)18-22-31)30(24-41)15-10-16-32(27-19-20-27)37-35(42)34(38-36(43)46-3)33(28-11-6-4-7-12-28)29-13-8-5-9-14-29/h4-9,11-14,17-18,21-22,25,27,30,32-34,40-41H,10,15-16,19-20,23-24H2,1-3H3,(H,37,42)(H,38,43)/t30-,32+,34-/m0/s1. The fraction of sp³-hybridized carbons (Fsp3) is 0.444. The maximum Gasteiger partial charge on any atom is 0.407 e. The van der Waals surface area contributed by atoms with E-state index in [1.165, 1.54) is 23.5 Å². The second-order valence-corrected chi connectivity index (χ2v) is 14.2. The molecule has 254 valence electrons. The van der Waals surface area contributed by atoms with Crippen LogP contribution in [0.25, 0.3) is 0 Å². The predicted octanol–water partition coefficient (Wildman–Crippen LogP) is 4.56. The Bertz CT molecular complexity index is 1490. The van der Waals surface area contributed by atoms with Crippen LogP contribution in [0.5, 0.6) is 0 Å². The van der Waals surface area contributed by atoms with E-state index >= 15 is 0 Å². The normalized spacial score (nSPS) is 15.3. The Labute approximate surface area is 278 Å². The highest BCUT2D eigenvalue weighted by Gasteiger charge is 2.38. The first-order valence-corrected chi connectivity index (χ1v) is 17.6. The Balaban J connectivity index is 1.51. The summed E-state index contributed by atoms with van der Waals surface area (Å²) in [6.45, 7) is 3.01. The zero-order valence-electron chi connectivity index (χ0n) is 27.3. The van der Waals surface area contributed by atoms with E-state index < -0.39 is 40.2 Å². The molecule has 0 bridgehead atoms. The highest BCUT2D eigenvalue weighted by Crippen LogP contribution is 2.36. The summed E-state index contributed by atoms with van der Waals surface area (Å²) in [7, 11) is -2.66. The van der Waals surface area contributed by atoms with E-state index in [2.05, 4.69) is 10.6 Å². The molecule has 0 spiro atoms. The Hall–Kier alpha value is -3.77. The molecule has 0 aliphatic heterocycles. The lowest BCUT2D eigenvalue weighted by Crippen LogP contribution is -2.53. The molecule has 2 amide bonds. The van der Waals surface area contributed by atoms with Crippen LogP contribution in [0.4, 0.5) is 4.79 Å². The van der Waals surface area contributed by atoms with Gasteiger partial charge in [-0.1, -0.05) is 72.8 Å². The highest BCUT2D eigenvalue weighted by molar-refractivity contribution is 7.89. The van der Waals surface area contributed by atoms with Crippen LogP contribution in [0.2, 0.25) is 0 Å². The van der Waals surface area contributed by atoms with Gasteiger partial charge in [0.15, 0.2) is 0 Å². The van der Waals surface area contributed by atoms with Gasteiger partial charge in [0.2, 0.25) is 15.9 Å². The van der Waals surface area contributed by atoms with E-state index in [0.29, 0.717) is 24.8 Å². The van der Waals surface area contributed by atoms with Crippen LogP contribution in [-0.2, 0) is 26.2 Å². The first-order valence-electron chi connectivity index (χ1n) is 16.2. The minimum Gasteiger partial charge on any atom is -0.453 e. The van der Waals surface area contributed by atoms with E-state index in [1.54, 1.807) is 26.0 Å². The summed E-state index contributed by atoms with van der Waals surface area (Å²) in [6, 6.07) is 23.0. The molecular formula is C36H47N3O7S. The number of nitrogens with one attached hydrogen (secondary N) is 2. The van der Waals surface area contributed by atoms with Crippen LogP contribution in [0.15, 0.2) is 89.8 Å². The Morgan fingerprint density at radius 3 is 1.91 bits per heavy atom. The molecule has 0 unspecified atom stereocenters. The average molecular weight is 666 g/mol. The summed E-state index contributed by atoms with van der Waals surface area (Å²) in [5.41, 5.74) is 2.34. The number of alkyl carbamates (subject to hydrolysis) is 1. The van der Waals surface area contributed by atoms with E-state index in [-0.39, 0.29) is 36.0 Å². The number of carbonyl (C=O) groups excluding carboxylic acids is 2. The largest absolute Gasteiger partial charge is 0.453 e. The molecule has 0 heterocycles. The van der Waals surface area contributed by atoms with Gasteiger partial charge in [0, 0.05) is 24.0 Å². The van der Waals surface area contributed by atoms with Crippen LogP contribution in [0.3, 0.4) is 0 Å². The highest BCUT2D eigenvalue weighted by atomic mass is 32.2. The molecule has 0 saturated heterocycles. The van der Waals surface area contributed by atoms with Gasteiger partial charge in [0.25, 0.3) is 0 Å². The Morgan fingerprint density at radius 2 is 1.45 bits per heavy atom. The summed E-state index contributed by atoms with van der Waals surface area (Å²) < 4.78 is 33.6. The first-order chi connectivity index (χ1) is 22.6. The first kappa shape index (κ1) is 36.1. The van der Waals surface area contributed by atoms with Gasteiger partial charge in [-0.25, -0.2) is 13.2 Å². The molecule has 1 aliphatic rings. The maximum atomic E-state index is 14.1. The van der Waals surface area contributed by atoms with Gasteiger partial charge in [0.1, 0.15) is 6.04 Å². The summed E-state index contributed by atoms with van der Waals surface area (Å²) in [4.78, 5) is 26.7. The van der Waals surface area contributed by atoms with Crippen LogP contribution in [0, 0.1) is 5.92 Å². The molecule has 3 atom stereocenters. The minimum atomic E-state index is -3.93. The second-order valence-electron chi connectivity index (χ2n) is 12.4. The van der Waals surface area contributed by atoms with Crippen molar-refractivity contribution in [2.45, 2.75) is 87.5 Å². The molecule has 0 radical (unpaired) electrons. The van der Waals surface area contributed by atoms with E-state index in [1.807, 2.05) is 60.7 Å². The number of methoxy groups -OCH3 is 1. The van der Waals surface area contributed by atoms with E-state index in [0.717, 1.165) is 24.0 Å². The van der Waals surface area contributed by atoms with Gasteiger partial charge in [-0.3, -0.25) is 4.79 Å². The van der Waals surface area contributed by atoms with E-state index in [4.69, 9.17) is 4.74 Å². The minimum absolute atomic E-state index is 0.0977. The van der Waals surface area contributed by atoms with Crippen molar-refractivity contribution in [3.8, 4) is 0 Å². The number of ether oxygens (including phenoxy) is 1. The van der Waals surface area contributed by atoms with Gasteiger partial charge >= 0.3 is 6.09 Å². The number of carbonyl (C=O) groups is 2. The van der Waals surface area contributed by atoms with Crippen molar-refractivity contribution in [1.82, 2.24) is 14.9 Å². The topological polar surface area (TPSA) is 145 Å². The smallest absolute Gasteiger partial charge is 0.407 e. The molecule has 3 aromatic carbocycles. The number of nitrogens with zero attached hydrogens (tertiary/aromatic N) is 1. The molecule has 4 rings (SSSR count). The lowest BCUT2D eigenvalue weighted by Gasteiger charge is -2.33. The molecule has 1 saturated carbocycles. The van der Waals surface area contributed by atoms with Crippen LogP contribution >= 0.6 is 0 Å². The molecular weight excluding hydrogens is 618 g/mol. The monoisotopic (exact) mass is 665 g/mol. The van der Waals surface area contributed by atoms with Crippen LogP contribution in [0.1, 0.15) is 68.6 Å². The third-order valence-electron chi connectivity index (χ3n) is 8.72. The summed E-state index contributed by atoms with van der Waals surface area (Å²) in [6.07, 6.45) is 2.74. The average Bonchev–Trinajstić information content (AvgIpc) is 3.93. The maximum absolute atomic E-state index is 14.1. The Morgan fingerprint density at radius 1 is 0.872 bits per heavy atom. The fourth-order valence-corrected chi connectivity index (χ4v) is 8.08. The molecule has 0 aromatic heterocycles. The van der Waals surface area contributed by atoms with Crippen molar-refractivity contribution in [3.05, 3.63) is 102 Å². The number of benzene rings is 3. The van der Waals surface area contributed by atoms with Crippen LogP contribution < -0.4 is 10.6 Å². The van der Waals surface area contributed by atoms with Gasteiger partial charge in [-0.2, -0.15) is 4.31 Å². The van der Waals surface area contributed by atoms with Gasteiger partial charge in [0.05, 0.1) is 25.2 Å². The van der Waals surface area contributed by atoms with E-state index in [9.17, 15) is 28.2 Å². The molecule has 3 aromatic rings. The number of sulfonamides is 1. The summed E-state index contributed by atoms with van der Waals surface area (Å²) in [5.74, 6) is -0.542. The van der Waals surface area contributed by atoms with Crippen LogP contribution in [-0.4, -0.2) is 72.8 Å². The number of amides is 2. The third kappa shape index (κ3) is 9.41. The number of aliphatic hydroxyl groups is 2. The van der Waals surface area contributed by atoms with Crippen molar-refractivity contribution in [3.63, 3.8) is 0 Å². The van der Waals surface area contributed by atoms with Crippen molar-refractivity contribution in [2.24, 2.45) is 5.92 Å². The molecule has 4 N–H and O–H groups in total.